The minimum Gasteiger partial charge on any atom is -0.468 e. The second-order valence-corrected chi connectivity index (χ2v) is 9.88. The Bertz CT molecular complexity index is 1080. The van der Waals surface area contributed by atoms with Gasteiger partial charge in [0, 0.05) is 36.3 Å². The van der Waals surface area contributed by atoms with Crippen molar-refractivity contribution in [2.45, 2.75) is 70.5 Å². The average Bonchev–Trinajstić information content (AvgIpc) is 3.59. The Morgan fingerprint density at radius 3 is 2.71 bits per heavy atom. The van der Waals surface area contributed by atoms with Crippen molar-refractivity contribution in [2.24, 2.45) is 0 Å². The number of carbonyl (C=O) groups is 1. The molecular formula is C27H33ClN4O2. The molecule has 7 heteroatoms. The van der Waals surface area contributed by atoms with E-state index >= 15 is 0 Å². The molecule has 1 amide bonds. The number of rotatable bonds is 8. The van der Waals surface area contributed by atoms with Gasteiger partial charge in [0.25, 0.3) is 5.91 Å². The summed E-state index contributed by atoms with van der Waals surface area (Å²) in [5.74, 6) is 1.77. The Labute approximate surface area is 206 Å². The second-order valence-electron chi connectivity index (χ2n) is 9.44. The van der Waals surface area contributed by atoms with Crippen molar-refractivity contribution >= 4 is 17.5 Å². The van der Waals surface area contributed by atoms with Gasteiger partial charge >= 0.3 is 0 Å². The van der Waals surface area contributed by atoms with Gasteiger partial charge < -0.3 is 14.3 Å². The number of halogens is 1. The Kier molecular flexibility index (Phi) is 7.36. The van der Waals surface area contributed by atoms with Gasteiger partial charge in [0.05, 0.1) is 18.5 Å². The SMILES string of the molecule is O=C(NCCN(Cc1ccco1)C1CCCC1)c1nc(-c2ccc(Cl)cc2)n2c1CCCCC2. The number of hydrogen-bond acceptors (Lipinski definition) is 4. The molecule has 1 aliphatic heterocycles. The molecule has 3 heterocycles. The van der Waals surface area contributed by atoms with E-state index in [2.05, 4.69) is 14.8 Å². The van der Waals surface area contributed by atoms with Crippen molar-refractivity contribution in [2.75, 3.05) is 13.1 Å². The lowest BCUT2D eigenvalue weighted by atomic mass is 10.1. The minimum absolute atomic E-state index is 0.0739. The quantitative estimate of drug-likeness (QED) is 0.449. The molecule has 1 saturated carbocycles. The summed E-state index contributed by atoms with van der Waals surface area (Å²) in [6.45, 7) is 3.08. The van der Waals surface area contributed by atoms with E-state index in [1.54, 1.807) is 6.26 Å². The number of benzene rings is 1. The molecule has 6 nitrogen and oxygen atoms in total. The van der Waals surface area contributed by atoms with Crippen molar-refractivity contribution in [3.8, 4) is 11.4 Å². The van der Waals surface area contributed by atoms with Crippen molar-refractivity contribution in [1.29, 1.82) is 0 Å². The predicted molar refractivity (Wildman–Crippen MR) is 134 cm³/mol. The first kappa shape index (κ1) is 23.2. The second kappa shape index (κ2) is 10.8. The first-order valence-electron chi connectivity index (χ1n) is 12.6. The van der Waals surface area contributed by atoms with Gasteiger partial charge in [0.1, 0.15) is 17.3 Å². The maximum absolute atomic E-state index is 13.3. The van der Waals surface area contributed by atoms with Crippen LogP contribution in [-0.4, -0.2) is 39.5 Å². The van der Waals surface area contributed by atoms with Crippen LogP contribution in [0.2, 0.25) is 5.02 Å². The average molecular weight is 481 g/mol. The molecule has 180 valence electrons. The molecule has 0 radical (unpaired) electrons. The van der Waals surface area contributed by atoms with Crippen LogP contribution >= 0.6 is 11.6 Å². The van der Waals surface area contributed by atoms with Gasteiger partial charge in [-0.05, 0) is 68.5 Å². The van der Waals surface area contributed by atoms with Crippen LogP contribution in [0.25, 0.3) is 11.4 Å². The summed E-state index contributed by atoms with van der Waals surface area (Å²) in [7, 11) is 0. The number of imidazole rings is 1. The van der Waals surface area contributed by atoms with E-state index < -0.39 is 0 Å². The zero-order valence-corrected chi connectivity index (χ0v) is 20.4. The molecule has 1 fully saturated rings. The third kappa shape index (κ3) is 5.23. The lowest BCUT2D eigenvalue weighted by Crippen LogP contribution is -2.39. The van der Waals surface area contributed by atoms with Gasteiger partial charge in [-0.1, -0.05) is 30.9 Å². The summed E-state index contributed by atoms with van der Waals surface area (Å²) in [6.07, 6.45) is 11.0. The van der Waals surface area contributed by atoms with Crippen LogP contribution in [0.5, 0.6) is 0 Å². The molecule has 5 rings (SSSR count). The van der Waals surface area contributed by atoms with Crippen molar-refractivity contribution in [3.63, 3.8) is 0 Å². The minimum atomic E-state index is -0.0739. The smallest absolute Gasteiger partial charge is 0.271 e. The molecule has 2 aliphatic rings. The highest BCUT2D eigenvalue weighted by molar-refractivity contribution is 6.30. The summed E-state index contributed by atoms with van der Waals surface area (Å²) in [4.78, 5) is 20.6. The number of nitrogens with zero attached hydrogens (tertiary/aromatic N) is 3. The standard InChI is InChI=1S/C27H33ClN4O2/c28-21-13-11-20(12-14-21)26-30-25(24-10-2-1-5-16-32(24)26)27(33)29-15-17-31(22-7-3-4-8-22)19-23-9-6-18-34-23/h6,9,11-14,18,22H,1-5,7-8,10,15-17,19H2,(H,29,33). The van der Waals surface area contributed by atoms with Gasteiger partial charge in [0.2, 0.25) is 0 Å². The number of fused-ring (bicyclic) bond motifs is 1. The predicted octanol–water partition coefficient (Wildman–Crippen LogP) is 5.70. The van der Waals surface area contributed by atoms with Crippen LogP contribution in [0.3, 0.4) is 0 Å². The number of nitrogens with one attached hydrogen (secondary N) is 1. The van der Waals surface area contributed by atoms with Gasteiger partial charge in [-0.15, -0.1) is 0 Å². The van der Waals surface area contributed by atoms with E-state index in [-0.39, 0.29) is 5.91 Å². The summed E-state index contributed by atoms with van der Waals surface area (Å²) in [5.41, 5.74) is 2.63. The van der Waals surface area contributed by atoms with Crippen LogP contribution in [-0.2, 0) is 19.5 Å². The fourth-order valence-corrected chi connectivity index (χ4v) is 5.51. The molecule has 0 atom stereocenters. The maximum atomic E-state index is 13.3. The monoisotopic (exact) mass is 480 g/mol. The third-order valence-corrected chi connectivity index (χ3v) is 7.40. The molecule has 0 unspecified atom stereocenters. The fraction of sp³-hybridized carbons (Fsp3) is 0.481. The van der Waals surface area contributed by atoms with E-state index in [0.29, 0.717) is 23.3 Å². The van der Waals surface area contributed by atoms with Gasteiger partial charge in [0.15, 0.2) is 0 Å². The molecule has 0 spiro atoms. The molecule has 1 aliphatic carbocycles. The molecule has 34 heavy (non-hydrogen) atoms. The van der Waals surface area contributed by atoms with Crippen LogP contribution in [0, 0.1) is 0 Å². The van der Waals surface area contributed by atoms with Crippen molar-refractivity contribution in [1.82, 2.24) is 19.8 Å². The van der Waals surface area contributed by atoms with Gasteiger partial charge in [-0.3, -0.25) is 9.69 Å². The highest BCUT2D eigenvalue weighted by Gasteiger charge is 2.26. The van der Waals surface area contributed by atoms with Crippen LogP contribution in [0.4, 0.5) is 0 Å². The lowest BCUT2D eigenvalue weighted by molar-refractivity contribution is 0.0935. The Morgan fingerprint density at radius 2 is 1.94 bits per heavy atom. The Hall–Kier alpha value is -2.57. The largest absolute Gasteiger partial charge is 0.468 e. The van der Waals surface area contributed by atoms with E-state index in [1.165, 1.54) is 32.1 Å². The molecule has 0 bridgehead atoms. The normalized spacial score (nSPS) is 16.5. The highest BCUT2D eigenvalue weighted by Crippen LogP contribution is 2.28. The fourth-order valence-electron chi connectivity index (χ4n) is 5.38. The number of aromatic nitrogens is 2. The molecule has 2 aromatic heterocycles. The molecule has 3 aromatic rings. The van der Waals surface area contributed by atoms with E-state index in [1.807, 2.05) is 36.4 Å². The zero-order chi connectivity index (χ0) is 23.3. The first-order chi connectivity index (χ1) is 16.7. The Morgan fingerprint density at radius 1 is 1.12 bits per heavy atom. The van der Waals surface area contributed by atoms with Gasteiger partial charge in [-0.25, -0.2) is 4.98 Å². The first-order valence-corrected chi connectivity index (χ1v) is 13.0. The maximum Gasteiger partial charge on any atom is 0.271 e. The summed E-state index contributed by atoms with van der Waals surface area (Å²) < 4.78 is 7.84. The van der Waals surface area contributed by atoms with Crippen molar-refractivity contribution in [3.05, 3.63) is 64.8 Å². The number of carbonyl (C=O) groups excluding carboxylic acids is 1. The van der Waals surface area contributed by atoms with E-state index in [9.17, 15) is 4.79 Å². The number of amides is 1. The Balaban J connectivity index is 1.30. The summed E-state index contributed by atoms with van der Waals surface area (Å²) in [6, 6.07) is 12.3. The van der Waals surface area contributed by atoms with Crippen LogP contribution in [0.15, 0.2) is 47.1 Å². The third-order valence-electron chi connectivity index (χ3n) is 7.15. The van der Waals surface area contributed by atoms with E-state index in [0.717, 1.165) is 61.7 Å². The lowest BCUT2D eigenvalue weighted by Gasteiger charge is -2.28. The highest BCUT2D eigenvalue weighted by atomic mass is 35.5. The summed E-state index contributed by atoms with van der Waals surface area (Å²) in [5, 5.41) is 3.87. The van der Waals surface area contributed by atoms with Crippen LogP contribution < -0.4 is 5.32 Å². The van der Waals surface area contributed by atoms with Crippen molar-refractivity contribution < 1.29 is 9.21 Å². The van der Waals surface area contributed by atoms with E-state index in [4.69, 9.17) is 21.0 Å². The molecule has 1 N–H and O–H groups in total. The zero-order valence-electron chi connectivity index (χ0n) is 19.6. The molecule has 1 aromatic carbocycles. The number of furan rings is 1. The topological polar surface area (TPSA) is 63.3 Å². The van der Waals surface area contributed by atoms with Gasteiger partial charge in [-0.2, -0.15) is 0 Å². The number of hydrogen-bond donors (Lipinski definition) is 1. The molecular weight excluding hydrogens is 448 g/mol. The van der Waals surface area contributed by atoms with Crippen LogP contribution in [0.1, 0.15) is 66.9 Å². The summed E-state index contributed by atoms with van der Waals surface area (Å²) >= 11 is 6.10. The molecule has 0 saturated heterocycles.